The van der Waals surface area contributed by atoms with Gasteiger partial charge in [0.15, 0.2) is 0 Å². The maximum atomic E-state index is 2.46. The summed E-state index contributed by atoms with van der Waals surface area (Å²) in [6, 6.07) is 108. The highest BCUT2D eigenvalue weighted by atomic mass is 15.1. The molecule has 0 spiro atoms. The number of anilines is 3. The fourth-order valence-corrected chi connectivity index (χ4v) is 12.7. The van der Waals surface area contributed by atoms with Gasteiger partial charge in [-0.3, -0.25) is 0 Å². The summed E-state index contributed by atoms with van der Waals surface area (Å²) in [5.41, 5.74) is 18.6. The maximum absolute atomic E-state index is 2.46. The van der Waals surface area contributed by atoms with Crippen LogP contribution in [0.4, 0.5) is 17.1 Å². The fraction of sp³-hybridized carbons (Fsp3) is 0.0137. The van der Waals surface area contributed by atoms with Crippen LogP contribution in [0.3, 0.4) is 0 Å². The molecule has 1 aliphatic carbocycles. The van der Waals surface area contributed by atoms with Gasteiger partial charge in [0.25, 0.3) is 0 Å². The molecule has 0 saturated carbocycles. The highest BCUT2D eigenvalue weighted by molar-refractivity contribution is 6.25. The Labute approximate surface area is 436 Å². The van der Waals surface area contributed by atoms with E-state index in [4.69, 9.17) is 0 Å². The molecule has 350 valence electrons. The molecule has 0 atom stereocenters. The summed E-state index contributed by atoms with van der Waals surface area (Å²) in [7, 11) is 0. The van der Waals surface area contributed by atoms with Gasteiger partial charge in [0, 0.05) is 33.5 Å². The number of fused-ring (bicyclic) bond motifs is 12. The molecule has 0 radical (unpaired) electrons. The first-order chi connectivity index (χ1) is 37.2. The van der Waals surface area contributed by atoms with Gasteiger partial charge in [-0.2, -0.15) is 0 Å². The molecule has 14 aromatic rings. The van der Waals surface area contributed by atoms with E-state index in [1.54, 1.807) is 0 Å². The monoisotopic (exact) mass is 952 g/mol. The molecule has 2 heteroatoms. The molecule has 0 aliphatic heterocycles. The standard InChI is InChI=1S/C73H48N2/c1-4-18-49(19-5-1)50-32-37-55(38-33-50)74(58-42-44-65-64-28-14-16-30-69(64)73(70(65)48-58,53-20-6-2-7-21-53)54-22-8-3-9-23-54)56-39-34-51(35-40-56)52-36-45-72-68(46-52)66-29-15-17-31-71(66)75(72)57-41-43-63-61-26-11-10-24-59(61)60-25-12-13-27-62(60)67(63)47-57/h1-48H. The average molecular weight is 953 g/mol. The van der Waals surface area contributed by atoms with Crippen LogP contribution in [0, 0.1) is 0 Å². The lowest BCUT2D eigenvalue weighted by molar-refractivity contribution is 0.768. The van der Waals surface area contributed by atoms with E-state index in [-0.39, 0.29) is 0 Å². The molecule has 1 aromatic heterocycles. The summed E-state index contributed by atoms with van der Waals surface area (Å²) in [6.07, 6.45) is 0. The van der Waals surface area contributed by atoms with E-state index in [2.05, 4.69) is 301 Å². The van der Waals surface area contributed by atoms with Gasteiger partial charge in [0.05, 0.1) is 16.4 Å². The van der Waals surface area contributed by atoms with Crippen LogP contribution in [-0.4, -0.2) is 4.57 Å². The van der Waals surface area contributed by atoms with Gasteiger partial charge in [-0.15, -0.1) is 0 Å². The molecule has 1 aliphatic rings. The number of nitrogens with zero attached hydrogens (tertiary/aromatic N) is 2. The van der Waals surface area contributed by atoms with E-state index < -0.39 is 5.41 Å². The smallest absolute Gasteiger partial charge is 0.0714 e. The number of para-hydroxylation sites is 1. The molecule has 0 fully saturated rings. The Morgan fingerprint density at radius 2 is 0.707 bits per heavy atom. The van der Waals surface area contributed by atoms with Crippen molar-refractivity contribution in [2.75, 3.05) is 4.90 Å². The normalized spacial score (nSPS) is 12.6. The first kappa shape index (κ1) is 42.9. The van der Waals surface area contributed by atoms with E-state index in [0.29, 0.717) is 0 Å². The van der Waals surface area contributed by atoms with Crippen LogP contribution in [0.25, 0.3) is 93.2 Å². The van der Waals surface area contributed by atoms with Gasteiger partial charge in [0.1, 0.15) is 0 Å². The maximum Gasteiger partial charge on any atom is 0.0714 e. The molecule has 0 bridgehead atoms. The van der Waals surface area contributed by atoms with E-state index in [9.17, 15) is 0 Å². The Morgan fingerprint density at radius 1 is 0.253 bits per heavy atom. The molecule has 13 aromatic carbocycles. The lowest BCUT2D eigenvalue weighted by Crippen LogP contribution is -2.28. The second kappa shape index (κ2) is 17.2. The zero-order chi connectivity index (χ0) is 49.5. The van der Waals surface area contributed by atoms with Crippen LogP contribution in [0.5, 0.6) is 0 Å². The number of benzene rings is 13. The number of hydrogen-bond acceptors (Lipinski definition) is 1. The second-order valence-corrected chi connectivity index (χ2v) is 20.0. The van der Waals surface area contributed by atoms with E-state index >= 15 is 0 Å². The number of rotatable bonds is 8. The van der Waals surface area contributed by atoms with Crippen molar-refractivity contribution < 1.29 is 0 Å². The van der Waals surface area contributed by atoms with E-state index in [1.165, 1.54) is 104 Å². The van der Waals surface area contributed by atoms with Crippen LogP contribution >= 0.6 is 0 Å². The van der Waals surface area contributed by atoms with Crippen molar-refractivity contribution in [2.45, 2.75) is 5.41 Å². The first-order valence-corrected chi connectivity index (χ1v) is 26.0. The zero-order valence-electron chi connectivity index (χ0n) is 41.1. The van der Waals surface area contributed by atoms with Gasteiger partial charge in [0.2, 0.25) is 0 Å². The van der Waals surface area contributed by atoms with Crippen molar-refractivity contribution >= 4 is 71.2 Å². The predicted molar refractivity (Wildman–Crippen MR) is 316 cm³/mol. The zero-order valence-corrected chi connectivity index (χ0v) is 41.1. The van der Waals surface area contributed by atoms with Crippen LogP contribution in [0.15, 0.2) is 291 Å². The van der Waals surface area contributed by atoms with E-state index in [1.807, 2.05) is 0 Å². The lowest BCUT2D eigenvalue weighted by atomic mass is 9.67. The number of hydrogen-bond donors (Lipinski definition) is 0. The van der Waals surface area contributed by atoms with Crippen molar-refractivity contribution in [3.63, 3.8) is 0 Å². The highest BCUT2D eigenvalue weighted by Gasteiger charge is 2.46. The summed E-state index contributed by atoms with van der Waals surface area (Å²) in [4.78, 5) is 2.43. The largest absolute Gasteiger partial charge is 0.310 e. The van der Waals surface area contributed by atoms with Crippen LogP contribution in [-0.2, 0) is 5.41 Å². The number of aromatic nitrogens is 1. The van der Waals surface area contributed by atoms with Gasteiger partial charge in [-0.1, -0.05) is 224 Å². The Hall–Kier alpha value is -9.76. The minimum Gasteiger partial charge on any atom is -0.310 e. The second-order valence-electron chi connectivity index (χ2n) is 20.0. The van der Waals surface area contributed by atoms with Crippen molar-refractivity contribution in [3.8, 4) is 39.1 Å². The van der Waals surface area contributed by atoms with E-state index in [0.717, 1.165) is 28.3 Å². The Bertz CT molecular complexity index is 4420. The summed E-state index contributed by atoms with van der Waals surface area (Å²) in [5.74, 6) is 0. The SMILES string of the molecule is c1ccc(-c2ccc(N(c3ccc(-c4ccc5c(c4)c4ccccc4n5-c4ccc5c6ccccc6c6ccccc6c5c4)cc3)c3ccc4c(c3)C(c3ccccc3)(c3ccccc3)c3ccccc3-4)cc2)cc1. The van der Waals surface area contributed by atoms with Crippen molar-refractivity contribution in [2.24, 2.45) is 0 Å². The molecular formula is C73H48N2. The minimum absolute atomic E-state index is 0.517. The average Bonchev–Trinajstić information content (AvgIpc) is 4.03. The van der Waals surface area contributed by atoms with Crippen LogP contribution in [0.2, 0.25) is 0 Å². The molecule has 0 amide bonds. The molecule has 75 heavy (non-hydrogen) atoms. The summed E-state index contributed by atoms with van der Waals surface area (Å²) in [6.45, 7) is 0. The molecular weight excluding hydrogens is 905 g/mol. The first-order valence-electron chi connectivity index (χ1n) is 26.0. The molecule has 0 N–H and O–H groups in total. The molecule has 15 rings (SSSR count). The third-order valence-corrected chi connectivity index (χ3v) is 16.1. The fourth-order valence-electron chi connectivity index (χ4n) is 12.7. The molecule has 0 unspecified atom stereocenters. The highest BCUT2D eigenvalue weighted by Crippen LogP contribution is 2.57. The minimum atomic E-state index is -0.517. The third kappa shape index (κ3) is 6.66. The van der Waals surface area contributed by atoms with Gasteiger partial charge in [-0.25, -0.2) is 0 Å². The van der Waals surface area contributed by atoms with Gasteiger partial charge in [-0.05, 0) is 155 Å². The van der Waals surface area contributed by atoms with Crippen molar-refractivity contribution in [1.29, 1.82) is 0 Å². The van der Waals surface area contributed by atoms with Gasteiger partial charge >= 0.3 is 0 Å². The third-order valence-electron chi connectivity index (χ3n) is 16.1. The predicted octanol–water partition coefficient (Wildman–Crippen LogP) is 19.4. The molecule has 2 nitrogen and oxygen atoms in total. The molecule has 1 heterocycles. The van der Waals surface area contributed by atoms with Crippen LogP contribution in [0.1, 0.15) is 22.3 Å². The quantitative estimate of drug-likeness (QED) is 0.138. The molecule has 0 saturated heterocycles. The van der Waals surface area contributed by atoms with Crippen LogP contribution < -0.4 is 4.90 Å². The Morgan fingerprint density at radius 3 is 1.35 bits per heavy atom. The summed E-state index contributed by atoms with van der Waals surface area (Å²) >= 11 is 0. The van der Waals surface area contributed by atoms with Gasteiger partial charge < -0.3 is 9.47 Å². The van der Waals surface area contributed by atoms with Crippen molar-refractivity contribution in [1.82, 2.24) is 4.57 Å². The summed E-state index contributed by atoms with van der Waals surface area (Å²) < 4.78 is 2.45. The summed E-state index contributed by atoms with van der Waals surface area (Å²) in [5, 5.41) is 10.1. The topological polar surface area (TPSA) is 8.17 Å². The van der Waals surface area contributed by atoms with Crippen molar-refractivity contribution in [3.05, 3.63) is 313 Å². The Balaban J connectivity index is 0.863. The lowest BCUT2D eigenvalue weighted by Gasteiger charge is -2.35. The Kier molecular flexibility index (Phi) is 9.83.